The van der Waals surface area contributed by atoms with Gasteiger partial charge in [-0.2, -0.15) is 0 Å². The predicted octanol–water partition coefficient (Wildman–Crippen LogP) is 1.52. The summed E-state index contributed by atoms with van der Waals surface area (Å²) in [6.07, 6.45) is 3.08. The van der Waals surface area contributed by atoms with Crippen molar-refractivity contribution in [2.75, 3.05) is 13.7 Å². The van der Waals surface area contributed by atoms with E-state index in [1.165, 1.54) is 24.1 Å². The van der Waals surface area contributed by atoms with Gasteiger partial charge in [-0.25, -0.2) is 0 Å². The van der Waals surface area contributed by atoms with Crippen LogP contribution in [-0.4, -0.2) is 49.4 Å². The average Bonchev–Trinajstić information content (AvgIpc) is 2.55. The number of benzene rings is 1. The summed E-state index contributed by atoms with van der Waals surface area (Å²) in [6, 6.07) is 4.01. The summed E-state index contributed by atoms with van der Waals surface area (Å²) >= 11 is 0. The molecule has 0 fully saturated rings. The molecule has 0 aliphatic carbocycles. The van der Waals surface area contributed by atoms with Crippen LogP contribution in [0.25, 0.3) is 0 Å². The van der Waals surface area contributed by atoms with Crippen molar-refractivity contribution in [2.24, 2.45) is 0 Å². The number of rotatable bonds is 9. The number of hydrogen-bond acceptors (Lipinski definition) is 5. The molecule has 1 rings (SSSR count). The van der Waals surface area contributed by atoms with Crippen LogP contribution in [-0.2, 0) is 9.59 Å². The van der Waals surface area contributed by atoms with Gasteiger partial charge >= 0.3 is 0 Å². The van der Waals surface area contributed by atoms with E-state index in [1.54, 1.807) is 6.07 Å². The minimum Gasteiger partial charge on any atom is -0.485 e. The Hall–Kier alpha value is -2.50. The molecular weight excluding hydrogens is 286 g/mol. The second-order valence-electron chi connectivity index (χ2n) is 4.72. The quantitative estimate of drug-likeness (QED) is 0.646. The standard InChI is InChI=1S/C16H19NO5/c1-3-5-12(10-19)17(2)16(21)13-6-4-7-15(14(13)11-20)22-9-8-18/h4,6-8,10-12H,3,5,9H2,1-2H3. The Balaban J connectivity index is 3.13. The SMILES string of the molecule is CCCC(C=O)N(C)C(=O)c1cccc(OCC=O)c1C=O. The van der Waals surface area contributed by atoms with Gasteiger partial charge in [0.15, 0.2) is 12.6 Å². The highest BCUT2D eigenvalue weighted by Gasteiger charge is 2.23. The van der Waals surface area contributed by atoms with Gasteiger partial charge in [0.1, 0.15) is 18.6 Å². The lowest BCUT2D eigenvalue weighted by Gasteiger charge is -2.24. The van der Waals surface area contributed by atoms with Crippen LogP contribution in [0.1, 0.15) is 40.5 Å². The van der Waals surface area contributed by atoms with E-state index in [0.29, 0.717) is 25.3 Å². The van der Waals surface area contributed by atoms with E-state index in [4.69, 9.17) is 4.74 Å². The van der Waals surface area contributed by atoms with Gasteiger partial charge in [-0.1, -0.05) is 19.4 Å². The molecule has 1 amide bonds. The lowest BCUT2D eigenvalue weighted by atomic mass is 10.0. The van der Waals surface area contributed by atoms with Crippen LogP contribution in [0.15, 0.2) is 18.2 Å². The summed E-state index contributed by atoms with van der Waals surface area (Å²) in [5.41, 5.74) is 0.214. The summed E-state index contributed by atoms with van der Waals surface area (Å²) in [6.45, 7) is 1.71. The zero-order valence-corrected chi connectivity index (χ0v) is 12.7. The largest absolute Gasteiger partial charge is 0.485 e. The molecule has 0 N–H and O–H groups in total. The molecule has 0 bridgehead atoms. The fourth-order valence-corrected chi connectivity index (χ4v) is 2.09. The Kier molecular flexibility index (Phi) is 6.95. The summed E-state index contributed by atoms with van der Waals surface area (Å²) in [7, 11) is 1.52. The molecule has 0 heterocycles. The summed E-state index contributed by atoms with van der Waals surface area (Å²) < 4.78 is 5.14. The van der Waals surface area contributed by atoms with E-state index < -0.39 is 11.9 Å². The minimum atomic E-state index is -0.545. The molecule has 0 aliphatic heterocycles. The molecule has 118 valence electrons. The Labute approximate surface area is 129 Å². The maximum absolute atomic E-state index is 12.5. The molecule has 0 aliphatic rings. The molecule has 1 atom stereocenters. The molecule has 0 saturated carbocycles. The first-order chi connectivity index (χ1) is 10.6. The van der Waals surface area contributed by atoms with Crippen molar-refractivity contribution < 1.29 is 23.9 Å². The van der Waals surface area contributed by atoms with Crippen LogP contribution in [0.4, 0.5) is 0 Å². The van der Waals surface area contributed by atoms with Gasteiger partial charge in [0.25, 0.3) is 5.91 Å². The molecule has 22 heavy (non-hydrogen) atoms. The van der Waals surface area contributed by atoms with Crippen molar-refractivity contribution >= 4 is 24.8 Å². The van der Waals surface area contributed by atoms with E-state index in [0.717, 1.165) is 6.42 Å². The first-order valence-corrected chi connectivity index (χ1v) is 6.97. The Morgan fingerprint density at radius 2 is 2.05 bits per heavy atom. The van der Waals surface area contributed by atoms with Gasteiger partial charge in [0.05, 0.1) is 17.2 Å². The number of amides is 1. The van der Waals surface area contributed by atoms with Crippen LogP contribution < -0.4 is 4.74 Å². The van der Waals surface area contributed by atoms with Crippen LogP contribution in [0.3, 0.4) is 0 Å². The van der Waals surface area contributed by atoms with Crippen molar-refractivity contribution in [3.63, 3.8) is 0 Å². The first kappa shape index (κ1) is 17.6. The van der Waals surface area contributed by atoms with Crippen molar-refractivity contribution in [3.05, 3.63) is 29.3 Å². The fourth-order valence-electron chi connectivity index (χ4n) is 2.09. The topological polar surface area (TPSA) is 80.8 Å². The van der Waals surface area contributed by atoms with E-state index in [2.05, 4.69) is 0 Å². The highest BCUT2D eigenvalue weighted by atomic mass is 16.5. The molecular formula is C16H19NO5. The van der Waals surface area contributed by atoms with E-state index in [9.17, 15) is 19.2 Å². The van der Waals surface area contributed by atoms with Gasteiger partial charge in [0, 0.05) is 7.05 Å². The molecule has 1 aromatic carbocycles. The number of carbonyl (C=O) groups excluding carboxylic acids is 4. The summed E-state index contributed by atoms with van der Waals surface area (Å²) in [5.74, 6) is -0.274. The van der Waals surface area contributed by atoms with Crippen molar-refractivity contribution in [3.8, 4) is 5.75 Å². The molecule has 0 radical (unpaired) electrons. The van der Waals surface area contributed by atoms with E-state index >= 15 is 0 Å². The molecule has 0 aromatic heterocycles. The van der Waals surface area contributed by atoms with Crippen LogP contribution in [0, 0.1) is 0 Å². The van der Waals surface area contributed by atoms with Crippen molar-refractivity contribution in [1.29, 1.82) is 0 Å². The third kappa shape index (κ3) is 4.00. The van der Waals surface area contributed by atoms with Crippen molar-refractivity contribution in [1.82, 2.24) is 4.90 Å². The number of ether oxygens (including phenoxy) is 1. The monoisotopic (exact) mass is 305 g/mol. The molecule has 0 spiro atoms. The number of likely N-dealkylation sites (N-methyl/N-ethyl adjacent to an activating group) is 1. The number of hydrogen-bond donors (Lipinski definition) is 0. The zero-order valence-electron chi connectivity index (χ0n) is 12.7. The van der Waals surface area contributed by atoms with E-state index in [1.807, 2.05) is 6.92 Å². The zero-order chi connectivity index (χ0) is 16.5. The predicted molar refractivity (Wildman–Crippen MR) is 80.2 cm³/mol. The van der Waals surface area contributed by atoms with Gasteiger partial charge in [-0.3, -0.25) is 14.4 Å². The first-order valence-electron chi connectivity index (χ1n) is 6.97. The highest BCUT2D eigenvalue weighted by molar-refractivity contribution is 6.03. The highest BCUT2D eigenvalue weighted by Crippen LogP contribution is 2.22. The van der Waals surface area contributed by atoms with Crippen molar-refractivity contribution in [2.45, 2.75) is 25.8 Å². The van der Waals surface area contributed by atoms with Crippen LogP contribution in [0.5, 0.6) is 5.75 Å². The van der Waals surface area contributed by atoms with Crippen LogP contribution in [0.2, 0.25) is 0 Å². The normalized spacial score (nSPS) is 11.4. The Morgan fingerprint density at radius 3 is 2.59 bits per heavy atom. The fraction of sp³-hybridized carbons (Fsp3) is 0.375. The lowest BCUT2D eigenvalue weighted by Crippen LogP contribution is -2.38. The van der Waals surface area contributed by atoms with Crippen LogP contribution >= 0.6 is 0 Å². The minimum absolute atomic E-state index is 0.0716. The maximum atomic E-state index is 12.5. The van der Waals surface area contributed by atoms with Gasteiger partial charge < -0.3 is 14.4 Å². The van der Waals surface area contributed by atoms with Gasteiger partial charge in [0.2, 0.25) is 0 Å². The Bertz CT molecular complexity index is 555. The molecule has 6 nitrogen and oxygen atoms in total. The number of carbonyl (C=O) groups is 4. The lowest BCUT2D eigenvalue weighted by molar-refractivity contribution is -0.111. The number of nitrogens with zero attached hydrogens (tertiary/aromatic N) is 1. The maximum Gasteiger partial charge on any atom is 0.255 e. The Morgan fingerprint density at radius 1 is 1.32 bits per heavy atom. The number of aldehydes is 3. The summed E-state index contributed by atoms with van der Waals surface area (Å²) in [5, 5.41) is 0. The van der Waals surface area contributed by atoms with E-state index in [-0.39, 0.29) is 23.5 Å². The molecule has 1 aromatic rings. The third-order valence-electron chi connectivity index (χ3n) is 3.28. The molecule has 0 saturated heterocycles. The smallest absolute Gasteiger partial charge is 0.255 e. The molecule has 1 unspecified atom stereocenters. The van der Waals surface area contributed by atoms with Gasteiger partial charge in [-0.15, -0.1) is 0 Å². The molecule has 6 heteroatoms. The summed E-state index contributed by atoms with van der Waals surface area (Å²) in [4.78, 5) is 46.6. The average molecular weight is 305 g/mol. The van der Waals surface area contributed by atoms with Gasteiger partial charge in [-0.05, 0) is 18.6 Å². The second kappa shape index (κ2) is 8.71. The second-order valence-corrected chi connectivity index (χ2v) is 4.72. The third-order valence-corrected chi connectivity index (χ3v) is 3.28.